The largest absolute Gasteiger partial charge is 0.522 e. The molecule has 2 aromatic rings. The predicted octanol–water partition coefficient (Wildman–Crippen LogP) is 10.6. The molecule has 0 amide bonds. The molecular weight excluding hydrogens is 569 g/mol. The van der Waals surface area contributed by atoms with Crippen molar-refractivity contribution in [2.75, 3.05) is 6.61 Å². The van der Waals surface area contributed by atoms with Gasteiger partial charge in [-0.15, -0.1) is 12.6 Å². The first kappa shape index (κ1) is 37.3. The van der Waals surface area contributed by atoms with Crippen LogP contribution in [0.15, 0.2) is 53.4 Å². The first-order valence-corrected chi connectivity index (χ1v) is 17.0. The third kappa shape index (κ3) is 19.2. The van der Waals surface area contributed by atoms with E-state index in [2.05, 4.69) is 62.0 Å². The monoisotopic (exact) mass is 618 g/mol. The zero-order chi connectivity index (χ0) is 30.4. The van der Waals surface area contributed by atoms with E-state index in [0.29, 0.717) is 0 Å². The van der Waals surface area contributed by atoms with Gasteiger partial charge in [0.05, 0.1) is 6.61 Å². The Morgan fingerprint density at radius 3 is 1.61 bits per heavy atom. The van der Waals surface area contributed by atoms with Gasteiger partial charge in [-0.25, -0.2) is 0 Å². The number of thiol groups is 1. The van der Waals surface area contributed by atoms with Gasteiger partial charge in [0.15, 0.2) is 0 Å². The summed E-state index contributed by atoms with van der Waals surface area (Å²) in [5, 5.41) is 0. The molecule has 1 N–H and O–H groups in total. The lowest BCUT2D eigenvalue weighted by molar-refractivity contribution is -0.0510. The average Bonchev–Trinajstić information content (AvgIpc) is 2.92. The van der Waals surface area contributed by atoms with Crippen molar-refractivity contribution >= 4 is 22.7 Å². The van der Waals surface area contributed by atoms with E-state index >= 15 is 0 Å². The van der Waals surface area contributed by atoms with Gasteiger partial charge in [-0.2, -0.15) is 21.6 Å². The summed E-state index contributed by atoms with van der Waals surface area (Å²) >= 11 is 4.63. The molecule has 0 heterocycles. The van der Waals surface area contributed by atoms with Gasteiger partial charge in [0, 0.05) is 4.90 Å². The molecule has 0 aliphatic heterocycles. The van der Waals surface area contributed by atoms with Gasteiger partial charge in [0.2, 0.25) is 0 Å². The molecule has 0 bridgehead atoms. The Balaban J connectivity index is 0.000000915. The summed E-state index contributed by atoms with van der Waals surface area (Å²) in [5.74, 6) is 0.972. The number of alkyl halides is 3. The van der Waals surface area contributed by atoms with Crippen molar-refractivity contribution in [2.45, 2.75) is 126 Å². The van der Waals surface area contributed by atoms with Gasteiger partial charge in [-0.05, 0) is 42.2 Å². The number of rotatable bonds is 20. The molecule has 0 aliphatic rings. The molecule has 9 heteroatoms. The van der Waals surface area contributed by atoms with Gasteiger partial charge in [0.25, 0.3) is 0 Å². The second-order valence-corrected chi connectivity index (χ2v) is 12.4. The molecule has 0 aliphatic carbocycles. The second kappa shape index (κ2) is 21.9. The van der Waals surface area contributed by atoms with Crippen molar-refractivity contribution in [1.29, 1.82) is 0 Å². The number of unbranched alkanes of at least 4 members (excludes halogenated alkanes) is 15. The standard InChI is InChI=1S/C31H48OS.CHF3O3S/c1-2-3-4-5-6-7-8-9-10-11-12-13-14-15-16-20-25-32-30-23-24-31(33)29(27-30)26-28-21-18-17-19-22-28;2-1(3,4)8(5,6)7/h17-19,21-24,27,33H,2-16,20,25-26H2,1H3;(H,5,6,7). The third-order valence-corrected chi connectivity index (χ3v) is 7.87. The highest BCUT2D eigenvalue weighted by Gasteiger charge is 2.44. The summed E-state index contributed by atoms with van der Waals surface area (Å²) in [6, 6.07) is 16.8. The van der Waals surface area contributed by atoms with E-state index in [1.807, 2.05) is 6.07 Å². The van der Waals surface area contributed by atoms with Crippen LogP contribution in [-0.2, 0) is 16.5 Å². The van der Waals surface area contributed by atoms with Gasteiger partial charge in [0.1, 0.15) is 5.75 Å². The normalized spacial score (nSPS) is 11.7. The van der Waals surface area contributed by atoms with Crippen molar-refractivity contribution in [1.82, 2.24) is 0 Å². The molecule has 0 atom stereocenters. The van der Waals surface area contributed by atoms with E-state index in [0.717, 1.165) is 30.1 Å². The zero-order valence-corrected chi connectivity index (χ0v) is 26.2. The predicted molar refractivity (Wildman–Crippen MR) is 166 cm³/mol. The van der Waals surface area contributed by atoms with E-state index in [1.54, 1.807) is 0 Å². The average molecular weight is 619 g/mol. The molecule has 4 nitrogen and oxygen atoms in total. The summed E-state index contributed by atoms with van der Waals surface area (Å²) in [4.78, 5) is 1.04. The Bertz CT molecular complexity index is 1030. The van der Waals surface area contributed by atoms with Gasteiger partial charge in [-0.1, -0.05) is 134 Å². The van der Waals surface area contributed by atoms with Crippen LogP contribution in [0.2, 0.25) is 0 Å². The Morgan fingerprint density at radius 2 is 1.17 bits per heavy atom. The molecule has 0 spiro atoms. The number of benzene rings is 2. The van der Waals surface area contributed by atoms with Crippen LogP contribution < -0.4 is 4.74 Å². The van der Waals surface area contributed by atoms with Crippen LogP contribution in [0.5, 0.6) is 5.75 Å². The third-order valence-electron chi connectivity index (χ3n) is 6.85. The Morgan fingerprint density at radius 1 is 0.732 bits per heavy atom. The lowest BCUT2D eigenvalue weighted by atomic mass is 10.0. The maximum Gasteiger partial charge on any atom is 0.522 e. The number of halogens is 3. The van der Waals surface area contributed by atoms with E-state index in [-0.39, 0.29) is 0 Å². The van der Waals surface area contributed by atoms with Crippen LogP contribution in [0, 0.1) is 0 Å². The quantitative estimate of drug-likeness (QED) is 0.0671. The Labute approximate surface area is 251 Å². The summed E-state index contributed by atoms with van der Waals surface area (Å²) in [5.41, 5.74) is -3.00. The minimum atomic E-state index is -5.84. The highest BCUT2D eigenvalue weighted by molar-refractivity contribution is 7.86. The molecular formula is C32H49F3O4S2. The van der Waals surface area contributed by atoms with E-state index in [1.165, 1.54) is 107 Å². The first-order valence-electron chi connectivity index (χ1n) is 15.1. The van der Waals surface area contributed by atoms with Gasteiger partial charge in [-0.3, -0.25) is 4.55 Å². The van der Waals surface area contributed by atoms with Crippen LogP contribution in [0.4, 0.5) is 13.2 Å². The Kier molecular flexibility index (Phi) is 19.9. The summed E-state index contributed by atoms with van der Waals surface area (Å²) < 4.78 is 63.6. The zero-order valence-electron chi connectivity index (χ0n) is 24.5. The van der Waals surface area contributed by atoms with Gasteiger partial charge < -0.3 is 4.74 Å². The fraction of sp³-hybridized carbons (Fsp3) is 0.625. The number of hydrogen-bond acceptors (Lipinski definition) is 4. The van der Waals surface area contributed by atoms with Crippen LogP contribution in [0.1, 0.15) is 121 Å². The fourth-order valence-electron chi connectivity index (χ4n) is 4.45. The Hall–Kier alpha value is -1.71. The lowest BCUT2D eigenvalue weighted by Crippen LogP contribution is -2.21. The van der Waals surface area contributed by atoms with Crippen LogP contribution in [-0.4, -0.2) is 25.1 Å². The molecule has 0 radical (unpaired) electrons. The second-order valence-electron chi connectivity index (χ2n) is 10.5. The summed E-state index contributed by atoms with van der Waals surface area (Å²) in [6.45, 7) is 3.11. The van der Waals surface area contributed by atoms with E-state index < -0.39 is 15.6 Å². The molecule has 0 fully saturated rings. The minimum absolute atomic E-state index is 0.815. The molecule has 0 saturated heterocycles. The van der Waals surface area contributed by atoms with E-state index in [4.69, 9.17) is 17.7 Å². The van der Waals surface area contributed by atoms with Crippen LogP contribution in [0.3, 0.4) is 0 Å². The van der Waals surface area contributed by atoms with E-state index in [9.17, 15) is 13.2 Å². The molecule has 0 saturated carbocycles. The SMILES string of the molecule is CCCCCCCCCCCCCCCCCCOc1ccc(S)c(Cc2ccccc2)c1.O=S(=O)(O)C(F)(F)F. The van der Waals surface area contributed by atoms with Crippen LogP contribution in [0.25, 0.3) is 0 Å². The first-order chi connectivity index (χ1) is 19.5. The highest BCUT2D eigenvalue weighted by Crippen LogP contribution is 2.24. The molecule has 41 heavy (non-hydrogen) atoms. The topological polar surface area (TPSA) is 63.6 Å². The minimum Gasteiger partial charge on any atom is -0.494 e. The molecule has 2 rings (SSSR count). The van der Waals surface area contributed by atoms with Crippen molar-refractivity contribution in [3.63, 3.8) is 0 Å². The maximum atomic E-state index is 10.7. The summed E-state index contributed by atoms with van der Waals surface area (Å²) in [7, 11) is -5.84. The highest BCUT2D eigenvalue weighted by atomic mass is 32.2. The smallest absolute Gasteiger partial charge is 0.494 e. The molecule has 2 aromatic carbocycles. The van der Waals surface area contributed by atoms with Crippen molar-refractivity contribution in [3.05, 3.63) is 59.7 Å². The fourth-order valence-corrected chi connectivity index (χ4v) is 4.67. The molecule has 234 valence electrons. The van der Waals surface area contributed by atoms with Gasteiger partial charge >= 0.3 is 15.6 Å². The molecule has 0 unspecified atom stereocenters. The van der Waals surface area contributed by atoms with Crippen molar-refractivity contribution in [2.24, 2.45) is 0 Å². The van der Waals surface area contributed by atoms with Crippen LogP contribution >= 0.6 is 12.6 Å². The number of ether oxygens (including phenoxy) is 1. The maximum absolute atomic E-state index is 10.7. The number of hydrogen-bond donors (Lipinski definition) is 2. The van der Waals surface area contributed by atoms with Crippen molar-refractivity contribution in [3.8, 4) is 5.75 Å². The lowest BCUT2D eigenvalue weighted by Gasteiger charge is -2.10. The molecule has 0 aromatic heterocycles. The summed E-state index contributed by atoms with van der Waals surface area (Å²) in [6.07, 6.45) is 23.3. The van der Waals surface area contributed by atoms with Crippen molar-refractivity contribution < 1.29 is 30.9 Å².